The van der Waals surface area contributed by atoms with Crippen LogP contribution < -0.4 is 0 Å². The Morgan fingerprint density at radius 2 is 2.12 bits per heavy atom. The Hall–Kier alpha value is -1.32. The summed E-state index contributed by atoms with van der Waals surface area (Å²) >= 11 is 6.01. The van der Waals surface area contributed by atoms with E-state index >= 15 is 0 Å². The van der Waals surface area contributed by atoms with Gasteiger partial charge in [-0.15, -0.1) is 0 Å². The fourth-order valence-corrected chi connectivity index (χ4v) is 1.47. The number of esters is 1. The maximum Gasteiger partial charge on any atom is 0.336 e. The van der Waals surface area contributed by atoms with Gasteiger partial charge in [-0.2, -0.15) is 0 Å². The normalized spacial score (nSPS) is 11.4. The lowest BCUT2D eigenvalue weighted by atomic mass is 10.1. The second-order valence-corrected chi connectivity index (χ2v) is 3.73. The number of carbonyl (C=O) groups excluding carboxylic acids is 1. The largest absolute Gasteiger partial charge is 0.466 e. The van der Waals surface area contributed by atoms with Gasteiger partial charge < -0.3 is 9.47 Å². The van der Waals surface area contributed by atoms with Crippen molar-refractivity contribution in [2.24, 2.45) is 0 Å². The number of ether oxygens (including phenoxy) is 2. The van der Waals surface area contributed by atoms with Crippen LogP contribution in [-0.4, -0.2) is 26.3 Å². The fraction of sp³-hybridized carbons (Fsp3) is 0.308. The number of methoxy groups -OCH3 is 1. The molecule has 0 saturated carbocycles. The van der Waals surface area contributed by atoms with Gasteiger partial charge in [-0.3, -0.25) is 0 Å². The highest BCUT2D eigenvalue weighted by Crippen LogP contribution is 2.18. The van der Waals surface area contributed by atoms with Crippen molar-refractivity contribution in [3.63, 3.8) is 0 Å². The van der Waals surface area contributed by atoms with Crippen LogP contribution in [0.5, 0.6) is 0 Å². The van der Waals surface area contributed by atoms with Crippen LogP contribution in [0.25, 0.3) is 6.08 Å². The van der Waals surface area contributed by atoms with Crippen molar-refractivity contribution in [3.05, 3.63) is 40.4 Å². The summed E-state index contributed by atoms with van der Waals surface area (Å²) in [6, 6.07) is 7.29. The average Bonchev–Trinajstić information content (AvgIpc) is 2.35. The third-order valence-corrected chi connectivity index (χ3v) is 2.49. The Morgan fingerprint density at radius 1 is 1.41 bits per heavy atom. The molecule has 1 aromatic rings. The first-order valence-corrected chi connectivity index (χ1v) is 5.68. The maximum atomic E-state index is 11.5. The molecular formula is C13H15ClO3. The summed E-state index contributed by atoms with van der Waals surface area (Å²) in [6.45, 7) is 2.62. The van der Waals surface area contributed by atoms with Gasteiger partial charge in [-0.05, 0) is 24.6 Å². The minimum atomic E-state index is -0.404. The molecule has 0 N–H and O–H groups in total. The highest BCUT2D eigenvalue weighted by Gasteiger charge is 2.10. The summed E-state index contributed by atoms with van der Waals surface area (Å²) < 4.78 is 9.91. The predicted octanol–water partition coefficient (Wildman–Crippen LogP) is 2.93. The molecule has 0 aliphatic carbocycles. The van der Waals surface area contributed by atoms with E-state index in [1.807, 2.05) is 25.1 Å². The Morgan fingerprint density at radius 3 is 2.71 bits per heavy atom. The van der Waals surface area contributed by atoms with Crippen molar-refractivity contribution >= 4 is 23.6 Å². The lowest BCUT2D eigenvalue weighted by Gasteiger charge is -2.06. The lowest BCUT2D eigenvalue weighted by molar-refractivity contribution is -0.136. The molecule has 0 spiro atoms. The molecule has 1 rings (SSSR count). The molecule has 0 aliphatic rings. The summed E-state index contributed by atoms with van der Waals surface area (Å²) in [6.07, 6.45) is 1.68. The van der Waals surface area contributed by atoms with E-state index in [9.17, 15) is 4.79 Å². The zero-order valence-electron chi connectivity index (χ0n) is 9.90. The monoisotopic (exact) mass is 254 g/mol. The van der Waals surface area contributed by atoms with Gasteiger partial charge in [-0.1, -0.05) is 29.8 Å². The topological polar surface area (TPSA) is 35.5 Å². The SMILES string of the molecule is CCOC/C(=C\c1ccccc1Cl)C(=O)OC. The van der Waals surface area contributed by atoms with E-state index < -0.39 is 5.97 Å². The molecule has 17 heavy (non-hydrogen) atoms. The molecule has 4 heteroatoms. The summed E-state index contributed by atoms with van der Waals surface area (Å²) in [5.74, 6) is -0.404. The molecule has 1 aromatic carbocycles. The van der Waals surface area contributed by atoms with E-state index in [4.69, 9.17) is 21.1 Å². The highest BCUT2D eigenvalue weighted by molar-refractivity contribution is 6.32. The molecule has 0 heterocycles. The number of hydrogen-bond donors (Lipinski definition) is 0. The molecule has 0 saturated heterocycles. The van der Waals surface area contributed by atoms with Gasteiger partial charge in [0.2, 0.25) is 0 Å². The van der Waals surface area contributed by atoms with E-state index in [0.29, 0.717) is 17.2 Å². The standard InChI is InChI=1S/C13H15ClO3/c1-3-17-9-11(13(15)16-2)8-10-6-4-5-7-12(10)14/h4-8H,3,9H2,1-2H3/b11-8+. The second-order valence-electron chi connectivity index (χ2n) is 3.32. The molecule has 0 unspecified atom stereocenters. The van der Waals surface area contributed by atoms with Crippen LogP contribution in [0.2, 0.25) is 5.02 Å². The van der Waals surface area contributed by atoms with Crippen LogP contribution >= 0.6 is 11.6 Å². The second kappa shape index (κ2) is 7.09. The molecule has 0 aromatic heterocycles. The summed E-state index contributed by atoms with van der Waals surface area (Å²) in [5.41, 5.74) is 1.22. The van der Waals surface area contributed by atoms with Gasteiger partial charge in [0.05, 0.1) is 19.3 Å². The van der Waals surface area contributed by atoms with Crippen LogP contribution in [0.3, 0.4) is 0 Å². The Labute approximate surface area is 106 Å². The summed E-state index contributed by atoms with van der Waals surface area (Å²) in [4.78, 5) is 11.5. The van der Waals surface area contributed by atoms with Crippen molar-refractivity contribution < 1.29 is 14.3 Å². The third-order valence-electron chi connectivity index (χ3n) is 2.14. The van der Waals surface area contributed by atoms with Gasteiger partial charge in [-0.25, -0.2) is 4.79 Å². The first-order valence-electron chi connectivity index (χ1n) is 5.30. The zero-order valence-corrected chi connectivity index (χ0v) is 10.7. The van der Waals surface area contributed by atoms with Gasteiger partial charge in [0.25, 0.3) is 0 Å². The summed E-state index contributed by atoms with van der Waals surface area (Å²) in [5, 5.41) is 0.588. The minimum Gasteiger partial charge on any atom is -0.466 e. The van der Waals surface area contributed by atoms with Crippen molar-refractivity contribution in [1.82, 2.24) is 0 Å². The molecule has 0 aliphatic heterocycles. The predicted molar refractivity (Wildman–Crippen MR) is 67.9 cm³/mol. The minimum absolute atomic E-state index is 0.217. The molecule has 3 nitrogen and oxygen atoms in total. The molecule has 92 valence electrons. The number of carbonyl (C=O) groups is 1. The van der Waals surface area contributed by atoms with Crippen molar-refractivity contribution in [2.75, 3.05) is 20.3 Å². The van der Waals surface area contributed by atoms with Crippen LogP contribution in [0, 0.1) is 0 Å². The van der Waals surface area contributed by atoms with E-state index in [0.717, 1.165) is 5.56 Å². The van der Waals surface area contributed by atoms with E-state index in [1.165, 1.54) is 7.11 Å². The molecule has 0 amide bonds. The smallest absolute Gasteiger partial charge is 0.336 e. The number of benzene rings is 1. The van der Waals surface area contributed by atoms with Crippen molar-refractivity contribution in [3.8, 4) is 0 Å². The Balaban J connectivity index is 2.96. The summed E-state index contributed by atoms with van der Waals surface area (Å²) in [7, 11) is 1.34. The maximum absolute atomic E-state index is 11.5. The number of hydrogen-bond acceptors (Lipinski definition) is 3. The van der Waals surface area contributed by atoms with E-state index in [2.05, 4.69) is 0 Å². The van der Waals surface area contributed by atoms with Gasteiger partial charge in [0.1, 0.15) is 0 Å². The van der Waals surface area contributed by atoms with Crippen LogP contribution in [-0.2, 0) is 14.3 Å². The van der Waals surface area contributed by atoms with Gasteiger partial charge in [0.15, 0.2) is 0 Å². The highest BCUT2D eigenvalue weighted by atomic mass is 35.5. The first-order chi connectivity index (χ1) is 8.19. The third kappa shape index (κ3) is 4.21. The van der Waals surface area contributed by atoms with Crippen LogP contribution in [0.4, 0.5) is 0 Å². The average molecular weight is 255 g/mol. The molecule has 0 fully saturated rings. The van der Waals surface area contributed by atoms with Crippen LogP contribution in [0.15, 0.2) is 29.8 Å². The zero-order chi connectivity index (χ0) is 12.7. The Bertz CT molecular complexity index is 413. The lowest BCUT2D eigenvalue weighted by Crippen LogP contribution is -2.10. The van der Waals surface area contributed by atoms with Crippen LogP contribution in [0.1, 0.15) is 12.5 Å². The molecule has 0 bridgehead atoms. The first kappa shape index (κ1) is 13.7. The number of rotatable bonds is 5. The Kier molecular flexibility index (Phi) is 5.73. The number of halogens is 1. The van der Waals surface area contributed by atoms with E-state index in [-0.39, 0.29) is 6.61 Å². The van der Waals surface area contributed by atoms with Gasteiger partial charge >= 0.3 is 5.97 Å². The molecule has 0 radical (unpaired) electrons. The molecular weight excluding hydrogens is 240 g/mol. The quantitative estimate of drug-likeness (QED) is 0.599. The van der Waals surface area contributed by atoms with Gasteiger partial charge in [0, 0.05) is 11.6 Å². The van der Waals surface area contributed by atoms with E-state index in [1.54, 1.807) is 12.1 Å². The molecule has 0 atom stereocenters. The van der Waals surface area contributed by atoms with Crippen molar-refractivity contribution in [1.29, 1.82) is 0 Å². The van der Waals surface area contributed by atoms with Crippen molar-refractivity contribution in [2.45, 2.75) is 6.92 Å². The fourth-order valence-electron chi connectivity index (χ4n) is 1.28.